The number of benzene rings is 2. The second-order valence-corrected chi connectivity index (χ2v) is 6.41. The van der Waals surface area contributed by atoms with Gasteiger partial charge in [0.25, 0.3) is 0 Å². The van der Waals surface area contributed by atoms with E-state index in [1.807, 2.05) is 37.3 Å². The number of hydrogen-bond acceptors (Lipinski definition) is 1. The first-order valence-corrected chi connectivity index (χ1v) is 8.21. The van der Waals surface area contributed by atoms with E-state index < -0.39 is 5.41 Å². The number of halogens is 1. The van der Waals surface area contributed by atoms with E-state index in [4.69, 9.17) is 0 Å². The van der Waals surface area contributed by atoms with Crippen LogP contribution >= 0.6 is 0 Å². The van der Waals surface area contributed by atoms with E-state index >= 15 is 0 Å². The van der Waals surface area contributed by atoms with Crippen molar-refractivity contribution in [2.24, 2.45) is 0 Å². The largest absolute Gasteiger partial charge is 0.351 e. The highest BCUT2D eigenvalue weighted by Crippen LogP contribution is 2.41. The molecule has 2 aromatic carbocycles. The third-order valence-corrected chi connectivity index (χ3v) is 4.97. The molecule has 0 atom stereocenters. The maximum atomic E-state index is 13.6. The Bertz CT molecular complexity index is 704. The van der Waals surface area contributed by atoms with Crippen LogP contribution in [0.1, 0.15) is 42.4 Å². The van der Waals surface area contributed by atoms with Crippen molar-refractivity contribution >= 4 is 5.91 Å². The Morgan fingerprint density at radius 1 is 1.13 bits per heavy atom. The summed E-state index contributed by atoms with van der Waals surface area (Å²) in [5.74, 6) is -0.260. The predicted octanol–water partition coefficient (Wildman–Crippen LogP) is 4.26. The third-order valence-electron chi connectivity index (χ3n) is 4.97. The first-order chi connectivity index (χ1) is 11.1. The topological polar surface area (TPSA) is 29.1 Å². The van der Waals surface area contributed by atoms with Crippen molar-refractivity contribution in [3.05, 3.63) is 71.0 Å². The van der Waals surface area contributed by atoms with Gasteiger partial charge in [-0.1, -0.05) is 49.2 Å². The molecule has 1 N–H and O–H groups in total. The molecule has 0 heterocycles. The zero-order valence-electron chi connectivity index (χ0n) is 13.4. The molecule has 0 bridgehead atoms. The summed E-state index contributed by atoms with van der Waals surface area (Å²) in [6.45, 7) is 2.56. The SMILES string of the molecule is Cc1ccccc1CNC(=O)C1(c2cccc(F)c2)CCCC1. The van der Waals surface area contributed by atoms with Crippen LogP contribution in [0.4, 0.5) is 4.39 Å². The summed E-state index contributed by atoms with van der Waals surface area (Å²) in [6, 6.07) is 14.5. The summed E-state index contributed by atoms with van der Waals surface area (Å²) in [5.41, 5.74) is 2.51. The minimum atomic E-state index is -0.579. The fourth-order valence-electron chi connectivity index (χ4n) is 3.56. The third kappa shape index (κ3) is 3.14. The molecule has 1 aliphatic carbocycles. The van der Waals surface area contributed by atoms with Crippen LogP contribution in [-0.2, 0) is 16.8 Å². The highest BCUT2D eigenvalue weighted by Gasteiger charge is 2.42. The Morgan fingerprint density at radius 2 is 1.87 bits per heavy atom. The van der Waals surface area contributed by atoms with Crippen LogP contribution in [0.3, 0.4) is 0 Å². The van der Waals surface area contributed by atoms with Gasteiger partial charge in [0, 0.05) is 6.54 Å². The highest BCUT2D eigenvalue weighted by atomic mass is 19.1. The smallest absolute Gasteiger partial charge is 0.230 e. The van der Waals surface area contributed by atoms with E-state index in [9.17, 15) is 9.18 Å². The summed E-state index contributed by atoms with van der Waals surface area (Å²) in [4.78, 5) is 12.9. The fourth-order valence-corrected chi connectivity index (χ4v) is 3.56. The number of rotatable bonds is 4. The molecule has 0 saturated heterocycles. The second kappa shape index (κ2) is 6.53. The van der Waals surface area contributed by atoms with Crippen LogP contribution in [0.2, 0.25) is 0 Å². The molecular formula is C20H22FNO. The molecule has 1 aliphatic rings. The quantitative estimate of drug-likeness (QED) is 0.898. The van der Waals surface area contributed by atoms with Crippen molar-refractivity contribution in [3.8, 4) is 0 Å². The number of carbonyl (C=O) groups excluding carboxylic acids is 1. The molecule has 0 aliphatic heterocycles. The van der Waals surface area contributed by atoms with E-state index in [0.717, 1.165) is 36.8 Å². The van der Waals surface area contributed by atoms with Gasteiger partial charge in [0.05, 0.1) is 5.41 Å². The van der Waals surface area contributed by atoms with Crippen molar-refractivity contribution in [1.29, 1.82) is 0 Å². The molecule has 120 valence electrons. The van der Waals surface area contributed by atoms with E-state index in [1.54, 1.807) is 6.07 Å². The van der Waals surface area contributed by atoms with Crippen LogP contribution in [0.5, 0.6) is 0 Å². The molecule has 0 spiro atoms. The van der Waals surface area contributed by atoms with Crippen LogP contribution < -0.4 is 5.32 Å². The molecule has 0 aromatic heterocycles. The van der Waals surface area contributed by atoms with E-state index in [-0.39, 0.29) is 11.7 Å². The van der Waals surface area contributed by atoms with Gasteiger partial charge >= 0.3 is 0 Å². The maximum Gasteiger partial charge on any atom is 0.230 e. The summed E-state index contributed by atoms with van der Waals surface area (Å²) in [6.07, 6.45) is 3.59. The molecule has 1 fully saturated rings. The van der Waals surface area contributed by atoms with E-state index in [0.29, 0.717) is 6.54 Å². The summed E-state index contributed by atoms with van der Waals surface area (Å²) in [7, 11) is 0. The molecule has 1 saturated carbocycles. The Hall–Kier alpha value is -2.16. The number of carbonyl (C=O) groups is 1. The maximum absolute atomic E-state index is 13.6. The van der Waals surface area contributed by atoms with Crippen molar-refractivity contribution in [2.75, 3.05) is 0 Å². The van der Waals surface area contributed by atoms with Crippen molar-refractivity contribution in [1.82, 2.24) is 5.32 Å². The Morgan fingerprint density at radius 3 is 2.57 bits per heavy atom. The van der Waals surface area contributed by atoms with E-state index in [1.165, 1.54) is 17.7 Å². The number of amides is 1. The lowest BCUT2D eigenvalue weighted by atomic mass is 9.78. The second-order valence-electron chi connectivity index (χ2n) is 6.41. The molecule has 1 amide bonds. The van der Waals surface area contributed by atoms with Gasteiger partial charge in [0.2, 0.25) is 5.91 Å². The monoisotopic (exact) mass is 311 g/mol. The van der Waals surface area contributed by atoms with E-state index in [2.05, 4.69) is 5.32 Å². The van der Waals surface area contributed by atoms with Crippen molar-refractivity contribution in [3.63, 3.8) is 0 Å². The highest BCUT2D eigenvalue weighted by molar-refractivity contribution is 5.88. The van der Waals surface area contributed by atoms with Crippen LogP contribution in [0.25, 0.3) is 0 Å². The van der Waals surface area contributed by atoms with Crippen LogP contribution in [0.15, 0.2) is 48.5 Å². The average molecular weight is 311 g/mol. The lowest BCUT2D eigenvalue weighted by Gasteiger charge is -2.28. The standard InChI is InChI=1S/C20H22FNO/c1-15-7-2-3-8-16(15)14-22-19(23)20(11-4-5-12-20)17-9-6-10-18(21)13-17/h2-3,6-10,13H,4-5,11-12,14H2,1H3,(H,22,23). The number of hydrogen-bond donors (Lipinski definition) is 1. The molecule has 2 aromatic rings. The predicted molar refractivity (Wildman–Crippen MR) is 89.6 cm³/mol. The van der Waals surface area contributed by atoms with Gasteiger partial charge in [-0.2, -0.15) is 0 Å². The van der Waals surface area contributed by atoms with Gasteiger partial charge in [0.1, 0.15) is 5.82 Å². The van der Waals surface area contributed by atoms with Gasteiger partial charge in [-0.15, -0.1) is 0 Å². The zero-order valence-corrected chi connectivity index (χ0v) is 13.4. The lowest BCUT2D eigenvalue weighted by Crippen LogP contribution is -2.42. The van der Waals surface area contributed by atoms with Gasteiger partial charge in [0.15, 0.2) is 0 Å². The molecular weight excluding hydrogens is 289 g/mol. The summed E-state index contributed by atoms with van der Waals surface area (Å²) in [5, 5.41) is 3.08. The number of aryl methyl sites for hydroxylation is 1. The Balaban J connectivity index is 1.81. The number of nitrogens with one attached hydrogen (secondary N) is 1. The van der Waals surface area contributed by atoms with Crippen LogP contribution in [0, 0.1) is 12.7 Å². The van der Waals surface area contributed by atoms with Gasteiger partial charge in [-0.25, -0.2) is 4.39 Å². The lowest BCUT2D eigenvalue weighted by molar-refractivity contribution is -0.126. The molecule has 23 heavy (non-hydrogen) atoms. The van der Waals surface area contributed by atoms with Gasteiger partial charge in [-0.05, 0) is 48.6 Å². The molecule has 3 rings (SSSR count). The zero-order chi connectivity index (χ0) is 16.3. The average Bonchev–Trinajstić information content (AvgIpc) is 3.05. The molecule has 2 nitrogen and oxygen atoms in total. The Labute approximate surface area is 136 Å². The molecule has 3 heteroatoms. The van der Waals surface area contributed by atoms with Crippen molar-refractivity contribution < 1.29 is 9.18 Å². The summed E-state index contributed by atoms with van der Waals surface area (Å²) >= 11 is 0. The Kier molecular flexibility index (Phi) is 4.46. The first kappa shape index (κ1) is 15.7. The normalized spacial score (nSPS) is 16.3. The minimum absolute atomic E-state index is 0.0175. The fraction of sp³-hybridized carbons (Fsp3) is 0.350. The van der Waals surface area contributed by atoms with Crippen molar-refractivity contribution in [2.45, 2.75) is 44.6 Å². The van der Waals surface area contributed by atoms with Crippen LogP contribution in [-0.4, -0.2) is 5.91 Å². The molecule has 0 radical (unpaired) electrons. The summed E-state index contributed by atoms with van der Waals surface area (Å²) < 4.78 is 13.6. The minimum Gasteiger partial charge on any atom is -0.351 e. The van der Waals surface area contributed by atoms with Gasteiger partial charge < -0.3 is 5.32 Å². The first-order valence-electron chi connectivity index (χ1n) is 8.21. The van der Waals surface area contributed by atoms with Gasteiger partial charge in [-0.3, -0.25) is 4.79 Å². The molecule has 0 unspecified atom stereocenters.